The van der Waals surface area contributed by atoms with Gasteiger partial charge in [-0.1, -0.05) is 45.1 Å². The molecule has 6 nitrogen and oxygen atoms in total. The standard InChI is InChI=1S/C26H43NO5/c1-7-8-9-10-11-12-17-31-24-20(2)18-21(19-23(24)30-6)13-14-22(15-16-28)27-25(29)32-26(3,4)5/h16,18-19,22H,7-15,17H2,1-6H3,(H,27,29). The second-order valence-corrected chi connectivity index (χ2v) is 9.34. The van der Waals surface area contributed by atoms with Gasteiger partial charge in [0.1, 0.15) is 11.9 Å². The maximum absolute atomic E-state index is 12.1. The number of hydrogen-bond donors (Lipinski definition) is 1. The number of ether oxygens (including phenoxy) is 3. The molecule has 0 bridgehead atoms. The van der Waals surface area contributed by atoms with Crippen molar-refractivity contribution in [2.24, 2.45) is 0 Å². The first-order valence-corrected chi connectivity index (χ1v) is 11.9. The number of carbonyl (C=O) groups excluding carboxylic acids is 2. The van der Waals surface area contributed by atoms with Crippen molar-refractivity contribution in [3.8, 4) is 11.5 Å². The molecule has 1 amide bonds. The Morgan fingerprint density at radius 2 is 1.81 bits per heavy atom. The number of rotatable bonds is 15. The summed E-state index contributed by atoms with van der Waals surface area (Å²) in [5.74, 6) is 1.51. The molecule has 0 fully saturated rings. The zero-order chi connectivity index (χ0) is 24.0. The predicted octanol–water partition coefficient (Wildman–Crippen LogP) is 6.16. The first-order chi connectivity index (χ1) is 15.2. The van der Waals surface area contributed by atoms with Crippen molar-refractivity contribution in [1.29, 1.82) is 0 Å². The van der Waals surface area contributed by atoms with Crippen molar-refractivity contribution in [3.63, 3.8) is 0 Å². The Bertz CT molecular complexity index is 696. The minimum atomic E-state index is -0.578. The van der Waals surface area contributed by atoms with E-state index in [0.717, 1.165) is 35.3 Å². The topological polar surface area (TPSA) is 73.9 Å². The van der Waals surface area contributed by atoms with Crippen molar-refractivity contribution >= 4 is 12.4 Å². The van der Waals surface area contributed by atoms with E-state index < -0.39 is 11.7 Å². The molecule has 0 aliphatic rings. The Labute approximate surface area is 194 Å². The molecular formula is C26H43NO5. The summed E-state index contributed by atoms with van der Waals surface area (Å²) in [5.41, 5.74) is 1.52. The first kappa shape index (κ1) is 27.8. The third-order valence-corrected chi connectivity index (χ3v) is 5.15. The van der Waals surface area contributed by atoms with Crippen molar-refractivity contribution in [2.75, 3.05) is 13.7 Å². The lowest BCUT2D eigenvalue weighted by molar-refractivity contribution is -0.108. The van der Waals surface area contributed by atoms with Crippen molar-refractivity contribution in [2.45, 2.75) is 104 Å². The van der Waals surface area contributed by atoms with Gasteiger partial charge in [-0.05, 0) is 64.2 Å². The maximum Gasteiger partial charge on any atom is 0.407 e. The Kier molecular flexibility index (Phi) is 12.8. The van der Waals surface area contributed by atoms with E-state index in [-0.39, 0.29) is 12.5 Å². The van der Waals surface area contributed by atoms with Crippen molar-refractivity contribution < 1.29 is 23.8 Å². The number of benzene rings is 1. The smallest absolute Gasteiger partial charge is 0.407 e. The molecule has 0 aliphatic carbocycles. The fraction of sp³-hybridized carbons (Fsp3) is 0.692. The third kappa shape index (κ3) is 11.4. The van der Waals surface area contributed by atoms with Gasteiger partial charge >= 0.3 is 6.09 Å². The maximum atomic E-state index is 12.1. The predicted molar refractivity (Wildman–Crippen MR) is 129 cm³/mol. The van der Waals surface area contributed by atoms with E-state index in [1.165, 1.54) is 32.1 Å². The van der Waals surface area contributed by atoms with Crippen LogP contribution in [0, 0.1) is 6.92 Å². The van der Waals surface area contributed by atoms with Crippen LogP contribution >= 0.6 is 0 Å². The second-order valence-electron chi connectivity index (χ2n) is 9.34. The molecule has 0 radical (unpaired) electrons. The Hall–Kier alpha value is -2.24. The molecule has 1 atom stereocenters. The molecule has 1 unspecified atom stereocenters. The van der Waals surface area contributed by atoms with Gasteiger partial charge in [-0.2, -0.15) is 0 Å². The molecule has 1 rings (SSSR count). The van der Waals surface area contributed by atoms with Crippen LogP contribution in [-0.4, -0.2) is 37.7 Å². The average Bonchev–Trinajstić information content (AvgIpc) is 2.71. The number of aryl methyl sites for hydroxylation is 2. The van der Waals surface area contributed by atoms with Crippen molar-refractivity contribution in [3.05, 3.63) is 23.3 Å². The molecule has 0 saturated heterocycles. The fourth-order valence-corrected chi connectivity index (χ4v) is 3.53. The van der Waals surface area contributed by atoms with Gasteiger partial charge in [-0.15, -0.1) is 0 Å². The van der Waals surface area contributed by atoms with Crippen LogP contribution in [0.15, 0.2) is 12.1 Å². The lowest BCUT2D eigenvalue weighted by atomic mass is 10.0. The zero-order valence-electron chi connectivity index (χ0n) is 20.9. The van der Waals surface area contributed by atoms with Crippen LogP contribution in [0.1, 0.15) is 90.2 Å². The van der Waals surface area contributed by atoms with E-state index in [1.807, 2.05) is 33.8 Å². The molecule has 0 saturated carbocycles. The second kappa shape index (κ2) is 14.8. The molecule has 1 N–H and O–H groups in total. The van der Waals surface area contributed by atoms with Crippen LogP contribution in [0.4, 0.5) is 4.79 Å². The van der Waals surface area contributed by atoms with Gasteiger partial charge < -0.3 is 24.3 Å². The van der Waals surface area contributed by atoms with E-state index >= 15 is 0 Å². The number of nitrogens with one attached hydrogen (secondary N) is 1. The Morgan fingerprint density at radius 3 is 2.44 bits per heavy atom. The fourth-order valence-electron chi connectivity index (χ4n) is 3.53. The molecule has 0 aromatic heterocycles. The normalized spacial score (nSPS) is 12.2. The number of carbonyl (C=O) groups is 2. The summed E-state index contributed by atoms with van der Waals surface area (Å²) in [7, 11) is 1.65. The number of amides is 1. The number of aldehydes is 1. The van der Waals surface area contributed by atoms with Crippen LogP contribution in [0.5, 0.6) is 11.5 Å². The number of alkyl carbamates (subject to hydrolysis) is 1. The highest BCUT2D eigenvalue weighted by Gasteiger charge is 2.20. The van der Waals surface area contributed by atoms with Crippen LogP contribution < -0.4 is 14.8 Å². The average molecular weight is 450 g/mol. The van der Waals surface area contributed by atoms with E-state index in [9.17, 15) is 9.59 Å². The van der Waals surface area contributed by atoms with Gasteiger partial charge in [0.05, 0.1) is 13.7 Å². The van der Waals surface area contributed by atoms with Crippen LogP contribution in [0.2, 0.25) is 0 Å². The summed E-state index contributed by atoms with van der Waals surface area (Å²) < 4.78 is 16.9. The Balaban J connectivity index is 2.65. The minimum absolute atomic E-state index is 0.245. The summed E-state index contributed by atoms with van der Waals surface area (Å²) in [6.45, 7) is 10.4. The summed E-state index contributed by atoms with van der Waals surface area (Å²) >= 11 is 0. The summed E-state index contributed by atoms with van der Waals surface area (Å²) in [5, 5.41) is 2.80. The Morgan fingerprint density at radius 1 is 1.12 bits per heavy atom. The lowest BCUT2D eigenvalue weighted by Crippen LogP contribution is -2.39. The molecule has 32 heavy (non-hydrogen) atoms. The number of methoxy groups -OCH3 is 1. The zero-order valence-corrected chi connectivity index (χ0v) is 20.9. The quantitative estimate of drug-likeness (QED) is 0.256. The van der Waals surface area contributed by atoms with Gasteiger partial charge in [0.25, 0.3) is 0 Å². The molecule has 0 spiro atoms. The molecule has 1 aromatic rings. The highest BCUT2D eigenvalue weighted by molar-refractivity contribution is 5.68. The third-order valence-electron chi connectivity index (χ3n) is 5.15. The van der Waals surface area contributed by atoms with Crippen LogP contribution in [0.3, 0.4) is 0 Å². The minimum Gasteiger partial charge on any atom is -0.493 e. The molecular weight excluding hydrogens is 406 g/mol. The highest BCUT2D eigenvalue weighted by atomic mass is 16.6. The molecule has 0 heterocycles. The van der Waals surface area contributed by atoms with Gasteiger partial charge in [0, 0.05) is 12.5 Å². The van der Waals surface area contributed by atoms with E-state index in [4.69, 9.17) is 14.2 Å². The first-order valence-electron chi connectivity index (χ1n) is 11.9. The summed E-state index contributed by atoms with van der Waals surface area (Å²) in [6, 6.07) is 3.79. The largest absolute Gasteiger partial charge is 0.493 e. The summed E-state index contributed by atoms with van der Waals surface area (Å²) in [4.78, 5) is 23.1. The molecule has 0 aliphatic heterocycles. The number of hydrogen-bond acceptors (Lipinski definition) is 5. The van der Waals surface area contributed by atoms with Crippen LogP contribution in [0.25, 0.3) is 0 Å². The highest BCUT2D eigenvalue weighted by Crippen LogP contribution is 2.33. The molecule has 1 aromatic carbocycles. The van der Waals surface area contributed by atoms with Gasteiger partial charge in [0.15, 0.2) is 11.5 Å². The molecule has 182 valence electrons. The molecule has 6 heteroatoms. The van der Waals surface area contributed by atoms with E-state index in [2.05, 4.69) is 18.3 Å². The van der Waals surface area contributed by atoms with Crippen molar-refractivity contribution in [1.82, 2.24) is 5.32 Å². The summed E-state index contributed by atoms with van der Waals surface area (Å²) in [6.07, 6.45) is 9.22. The number of unbranched alkanes of at least 4 members (excludes halogenated alkanes) is 5. The van der Waals surface area contributed by atoms with Gasteiger partial charge in [0.2, 0.25) is 0 Å². The SMILES string of the molecule is CCCCCCCCOc1c(C)cc(CCC(CC=O)NC(=O)OC(C)(C)C)cc1OC. The van der Waals surface area contributed by atoms with E-state index in [0.29, 0.717) is 19.4 Å². The van der Waals surface area contributed by atoms with Gasteiger partial charge in [-0.3, -0.25) is 0 Å². The van der Waals surface area contributed by atoms with Gasteiger partial charge in [-0.25, -0.2) is 4.79 Å². The van der Waals surface area contributed by atoms with E-state index in [1.54, 1.807) is 7.11 Å². The lowest BCUT2D eigenvalue weighted by Gasteiger charge is -2.23. The van der Waals surface area contributed by atoms with Crippen LogP contribution in [-0.2, 0) is 16.0 Å². The monoisotopic (exact) mass is 449 g/mol.